The molecule has 0 unspecified atom stereocenters. The van der Waals surface area contributed by atoms with E-state index in [0.717, 1.165) is 24.2 Å². The summed E-state index contributed by atoms with van der Waals surface area (Å²) in [5, 5.41) is 4.77. The SMILES string of the molecule is CN(C)CC(C)(C)CNc1ccc(-c2nc3c(oc4ccccc43)c(=O)[nH]2)c(Cl)c1. The molecule has 0 aliphatic carbocycles. The van der Waals surface area contributed by atoms with E-state index in [1.165, 1.54) is 0 Å². The number of hydrogen-bond acceptors (Lipinski definition) is 5. The first-order valence-electron chi connectivity index (χ1n) is 9.84. The number of hydrogen-bond donors (Lipinski definition) is 2. The summed E-state index contributed by atoms with van der Waals surface area (Å²) in [4.78, 5) is 22.2. The summed E-state index contributed by atoms with van der Waals surface area (Å²) in [5.74, 6) is 0.420. The molecular formula is C23H25ClN4O2. The minimum Gasteiger partial charge on any atom is -0.449 e. The monoisotopic (exact) mass is 424 g/mol. The van der Waals surface area contributed by atoms with Crippen molar-refractivity contribution in [3.8, 4) is 11.4 Å². The van der Waals surface area contributed by atoms with Gasteiger partial charge in [0.25, 0.3) is 5.56 Å². The third kappa shape index (κ3) is 4.06. The largest absolute Gasteiger partial charge is 0.449 e. The molecule has 0 bridgehead atoms. The summed E-state index contributed by atoms with van der Waals surface area (Å²) in [6.07, 6.45) is 0. The molecule has 0 atom stereocenters. The fourth-order valence-corrected chi connectivity index (χ4v) is 4.07. The molecule has 0 fully saturated rings. The first-order valence-corrected chi connectivity index (χ1v) is 10.2. The zero-order chi connectivity index (χ0) is 21.5. The van der Waals surface area contributed by atoms with Gasteiger partial charge in [0.15, 0.2) is 0 Å². The van der Waals surface area contributed by atoms with E-state index in [1.807, 2.05) is 42.5 Å². The lowest BCUT2D eigenvalue weighted by molar-refractivity contribution is 0.254. The molecule has 2 heterocycles. The number of H-pyrrole nitrogens is 1. The second kappa shape index (κ2) is 7.78. The summed E-state index contributed by atoms with van der Waals surface area (Å²) >= 11 is 6.56. The average molecular weight is 425 g/mol. The van der Waals surface area contributed by atoms with E-state index in [2.05, 4.69) is 48.1 Å². The van der Waals surface area contributed by atoms with E-state index in [0.29, 0.717) is 27.5 Å². The highest BCUT2D eigenvalue weighted by atomic mass is 35.5. The molecule has 0 saturated heterocycles. The van der Waals surface area contributed by atoms with Crippen LogP contribution in [0, 0.1) is 5.41 Å². The van der Waals surface area contributed by atoms with Crippen molar-refractivity contribution in [1.82, 2.24) is 14.9 Å². The zero-order valence-corrected chi connectivity index (χ0v) is 18.3. The van der Waals surface area contributed by atoms with Crippen molar-refractivity contribution in [3.63, 3.8) is 0 Å². The van der Waals surface area contributed by atoms with Crippen LogP contribution in [0.4, 0.5) is 5.69 Å². The van der Waals surface area contributed by atoms with Gasteiger partial charge in [-0.2, -0.15) is 0 Å². The van der Waals surface area contributed by atoms with Gasteiger partial charge in [0.05, 0.1) is 5.02 Å². The van der Waals surface area contributed by atoms with Crippen LogP contribution in [-0.4, -0.2) is 42.1 Å². The Morgan fingerprint density at radius 3 is 2.70 bits per heavy atom. The van der Waals surface area contributed by atoms with E-state index in [1.54, 1.807) is 0 Å². The van der Waals surface area contributed by atoms with Gasteiger partial charge >= 0.3 is 0 Å². The van der Waals surface area contributed by atoms with Gasteiger partial charge in [-0.1, -0.05) is 37.6 Å². The molecule has 4 aromatic rings. The molecule has 30 heavy (non-hydrogen) atoms. The number of benzene rings is 2. The number of nitrogens with one attached hydrogen (secondary N) is 2. The Labute approximate surface area is 179 Å². The lowest BCUT2D eigenvalue weighted by Gasteiger charge is -2.29. The summed E-state index contributed by atoms with van der Waals surface area (Å²) in [5.41, 5.74) is 2.76. The van der Waals surface area contributed by atoms with Crippen molar-refractivity contribution in [2.24, 2.45) is 5.41 Å². The molecule has 2 aromatic heterocycles. The number of halogens is 1. The topological polar surface area (TPSA) is 74.2 Å². The minimum atomic E-state index is -0.324. The average Bonchev–Trinajstić information content (AvgIpc) is 3.05. The molecular weight excluding hydrogens is 400 g/mol. The van der Waals surface area contributed by atoms with Gasteiger partial charge in [-0.25, -0.2) is 4.98 Å². The zero-order valence-electron chi connectivity index (χ0n) is 17.5. The van der Waals surface area contributed by atoms with Crippen LogP contribution in [0.5, 0.6) is 0 Å². The van der Waals surface area contributed by atoms with Crippen LogP contribution in [0.1, 0.15) is 13.8 Å². The third-order valence-electron chi connectivity index (χ3n) is 4.97. The van der Waals surface area contributed by atoms with Crippen LogP contribution in [0.3, 0.4) is 0 Å². The van der Waals surface area contributed by atoms with Crippen LogP contribution in [-0.2, 0) is 0 Å². The molecule has 0 aliphatic heterocycles. The highest BCUT2D eigenvalue weighted by Crippen LogP contribution is 2.31. The molecule has 0 saturated carbocycles. The number of aromatic amines is 1. The standard InChI is InChI=1S/C23H25ClN4O2/c1-23(2,13-28(3)4)12-25-14-9-10-15(17(24)11-14)21-26-19-16-7-5-6-8-18(16)30-20(19)22(29)27-21/h5-11,25H,12-13H2,1-4H3,(H,26,27,29). The maximum atomic E-state index is 12.6. The summed E-state index contributed by atoms with van der Waals surface area (Å²) in [7, 11) is 4.14. The summed E-state index contributed by atoms with van der Waals surface area (Å²) in [6.45, 7) is 6.21. The first-order chi connectivity index (χ1) is 14.2. The molecule has 0 radical (unpaired) electrons. The van der Waals surface area contributed by atoms with Crippen molar-refractivity contribution in [2.75, 3.05) is 32.5 Å². The minimum absolute atomic E-state index is 0.106. The smallest absolute Gasteiger partial charge is 0.294 e. The van der Waals surface area contributed by atoms with E-state index in [9.17, 15) is 4.79 Å². The molecule has 0 aliphatic rings. The van der Waals surface area contributed by atoms with E-state index < -0.39 is 0 Å². The Morgan fingerprint density at radius 1 is 1.20 bits per heavy atom. The Hall–Kier alpha value is -2.83. The van der Waals surface area contributed by atoms with Gasteiger partial charge in [-0.15, -0.1) is 0 Å². The Balaban J connectivity index is 1.65. The number of para-hydroxylation sites is 1. The van der Waals surface area contributed by atoms with Crippen LogP contribution in [0.25, 0.3) is 33.5 Å². The van der Waals surface area contributed by atoms with Gasteiger partial charge in [0.1, 0.15) is 16.9 Å². The van der Waals surface area contributed by atoms with Gasteiger partial charge in [0, 0.05) is 29.7 Å². The molecule has 0 spiro atoms. The van der Waals surface area contributed by atoms with Crippen molar-refractivity contribution in [2.45, 2.75) is 13.8 Å². The molecule has 2 N–H and O–H groups in total. The van der Waals surface area contributed by atoms with Crippen molar-refractivity contribution in [1.29, 1.82) is 0 Å². The van der Waals surface area contributed by atoms with Crippen molar-refractivity contribution in [3.05, 3.63) is 57.8 Å². The number of aromatic nitrogens is 2. The molecule has 6 nitrogen and oxygen atoms in total. The van der Waals surface area contributed by atoms with Crippen molar-refractivity contribution >= 4 is 39.4 Å². The van der Waals surface area contributed by atoms with E-state index >= 15 is 0 Å². The molecule has 4 rings (SSSR count). The second-order valence-corrected chi connectivity index (χ2v) is 9.05. The molecule has 2 aromatic carbocycles. The Morgan fingerprint density at radius 2 is 1.97 bits per heavy atom. The second-order valence-electron chi connectivity index (χ2n) is 8.64. The van der Waals surface area contributed by atoms with E-state index in [-0.39, 0.29) is 16.6 Å². The van der Waals surface area contributed by atoms with Gasteiger partial charge < -0.3 is 19.6 Å². The first kappa shape index (κ1) is 20.4. The number of furan rings is 1. The predicted molar refractivity (Wildman–Crippen MR) is 123 cm³/mol. The number of fused-ring (bicyclic) bond motifs is 3. The highest BCUT2D eigenvalue weighted by Gasteiger charge is 2.19. The molecule has 7 heteroatoms. The summed E-state index contributed by atoms with van der Waals surface area (Å²) in [6, 6.07) is 13.1. The lowest BCUT2D eigenvalue weighted by atomic mass is 9.93. The highest BCUT2D eigenvalue weighted by molar-refractivity contribution is 6.33. The molecule has 156 valence electrons. The van der Waals surface area contributed by atoms with Gasteiger partial charge in [-0.05, 0) is 49.8 Å². The van der Waals surface area contributed by atoms with Gasteiger partial charge in [0.2, 0.25) is 5.58 Å². The van der Waals surface area contributed by atoms with Crippen LogP contribution < -0.4 is 10.9 Å². The quantitative estimate of drug-likeness (QED) is 0.456. The maximum absolute atomic E-state index is 12.6. The number of nitrogens with zero attached hydrogens (tertiary/aromatic N) is 2. The van der Waals surface area contributed by atoms with Gasteiger partial charge in [-0.3, -0.25) is 4.79 Å². The normalized spacial score (nSPS) is 12.2. The number of anilines is 1. The number of rotatable bonds is 6. The third-order valence-corrected chi connectivity index (χ3v) is 5.28. The van der Waals surface area contributed by atoms with Crippen LogP contribution in [0.2, 0.25) is 5.02 Å². The predicted octanol–water partition coefficient (Wildman–Crippen LogP) is 4.99. The van der Waals surface area contributed by atoms with Crippen LogP contribution >= 0.6 is 11.6 Å². The fraction of sp³-hybridized carbons (Fsp3) is 0.304. The molecule has 0 amide bonds. The van der Waals surface area contributed by atoms with Crippen LogP contribution in [0.15, 0.2) is 51.7 Å². The Kier molecular flexibility index (Phi) is 5.30. The van der Waals surface area contributed by atoms with E-state index in [4.69, 9.17) is 16.0 Å². The summed E-state index contributed by atoms with van der Waals surface area (Å²) < 4.78 is 5.66. The fourth-order valence-electron chi connectivity index (χ4n) is 3.80. The maximum Gasteiger partial charge on any atom is 0.294 e. The lowest BCUT2D eigenvalue weighted by Crippen LogP contribution is -2.34. The van der Waals surface area contributed by atoms with Crippen molar-refractivity contribution < 1.29 is 4.42 Å². The Bertz CT molecular complexity index is 1270.